The topological polar surface area (TPSA) is 38.0 Å². The number of nitrogens with two attached hydrogens (primary N) is 1. The average molecular weight is 295 g/mol. The molecule has 5 atom stereocenters. The maximum absolute atomic E-state index is 14.0. The molecule has 3 fully saturated rings. The van der Waals surface area contributed by atoms with E-state index >= 15 is 0 Å². The molecule has 0 radical (unpaired) electrons. The number of nitrogens with one attached hydrogen (secondary N) is 1. The Bertz CT molecular complexity index is 519. The molecule has 0 aromatic heterocycles. The van der Waals surface area contributed by atoms with Gasteiger partial charge in [0, 0.05) is 6.04 Å². The van der Waals surface area contributed by atoms with Gasteiger partial charge < -0.3 is 0 Å². The van der Waals surface area contributed by atoms with E-state index in [1.807, 2.05) is 12.1 Å². The number of fused-ring (bicyclic) bond motifs is 5. The van der Waals surface area contributed by atoms with Crippen LogP contribution < -0.4 is 11.3 Å². The molecule has 0 heterocycles. The van der Waals surface area contributed by atoms with Gasteiger partial charge in [0.15, 0.2) is 0 Å². The standard InChI is InChI=1S/C16H20ClFN2/c17-11-3-1-2-10(16(11)18)7-12(20-19)15-13-8-4-5-9(6-8)14(13)15/h1-3,8-9,12-15,20H,4-7,19H2. The van der Waals surface area contributed by atoms with Crippen LogP contribution in [0.15, 0.2) is 18.2 Å². The highest BCUT2D eigenvalue weighted by molar-refractivity contribution is 6.30. The fourth-order valence-electron chi connectivity index (χ4n) is 5.18. The van der Waals surface area contributed by atoms with Crippen LogP contribution in [0.25, 0.3) is 0 Å². The first-order chi connectivity index (χ1) is 9.70. The molecule has 3 saturated carbocycles. The summed E-state index contributed by atoms with van der Waals surface area (Å²) in [5, 5.41) is 0.203. The SMILES string of the molecule is NNC(Cc1cccc(Cl)c1F)C1C2C3CCC(C3)C21. The number of hydrogen-bond donors (Lipinski definition) is 2. The number of rotatable bonds is 4. The van der Waals surface area contributed by atoms with Crippen LogP contribution in [0.4, 0.5) is 4.39 Å². The maximum atomic E-state index is 14.0. The van der Waals surface area contributed by atoms with Crippen molar-refractivity contribution in [3.8, 4) is 0 Å². The molecule has 3 aliphatic carbocycles. The highest BCUT2D eigenvalue weighted by Crippen LogP contribution is 2.70. The molecule has 0 spiro atoms. The Morgan fingerprint density at radius 3 is 2.65 bits per heavy atom. The van der Waals surface area contributed by atoms with E-state index in [-0.39, 0.29) is 16.9 Å². The summed E-state index contributed by atoms with van der Waals surface area (Å²) >= 11 is 5.86. The molecular weight excluding hydrogens is 275 g/mol. The summed E-state index contributed by atoms with van der Waals surface area (Å²) in [7, 11) is 0. The average Bonchev–Trinajstić information content (AvgIpc) is 2.88. The molecule has 1 aromatic carbocycles. The number of halogens is 2. The molecule has 20 heavy (non-hydrogen) atoms. The van der Waals surface area contributed by atoms with Gasteiger partial charge in [-0.25, -0.2) is 4.39 Å². The van der Waals surface area contributed by atoms with Gasteiger partial charge in [-0.1, -0.05) is 23.7 Å². The Labute approximate surface area is 123 Å². The quantitative estimate of drug-likeness (QED) is 0.661. The van der Waals surface area contributed by atoms with E-state index in [1.165, 1.54) is 19.3 Å². The number of hydrazine groups is 1. The third-order valence-electron chi connectivity index (χ3n) is 5.94. The molecule has 2 bridgehead atoms. The molecule has 2 nitrogen and oxygen atoms in total. The summed E-state index contributed by atoms with van der Waals surface area (Å²) in [4.78, 5) is 0. The van der Waals surface area contributed by atoms with Crippen LogP contribution in [0.1, 0.15) is 24.8 Å². The van der Waals surface area contributed by atoms with E-state index in [1.54, 1.807) is 6.07 Å². The lowest BCUT2D eigenvalue weighted by molar-refractivity contribution is 0.362. The van der Waals surface area contributed by atoms with Crippen molar-refractivity contribution in [1.29, 1.82) is 0 Å². The molecular formula is C16H20ClFN2. The summed E-state index contributed by atoms with van der Waals surface area (Å²) < 4.78 is 14.0. The van der Waals surface area contributed by atoms with Crippen LogP contribution in [-0.2, 0) is 6.42 Å². The molecule has 108 valence electrons. The van der Waals surface area contributed by atoms with E-state index in [9.17, 15) is 4.39 Å². The van der Waals surface area contributed by atoms with Gasteiger partial charge in [-0.2, -0.15) is 0 Å². The third-order valence-corrected chi connectivity index (χ3v) is 6.24. The third kappa shape index (κ3) is 1.83. The minimum Gasteiger partial charge on any atom is -0.271 e. The lowest BCUT2D eigenvalue weighted by Gasteiger charge is -2.20. The van der Waals surface area contributed by atoms with Gasteiger partial charge in [-0.05, 0) is 66.9 Å². The van der Waals surface area contributed by atoms with Gasteiger partial charge in [0.25, 0.3) is 0 Å². The number of benzene rings is 1. The molecule has 0 saturated heterocycles. The smallest absolute Gasteiger partial charge is 0.145 e. The van der Waals surface area contributed by atoms with Crippen molar-refractivity contribution in [2.75, 3.05) is 0 Å². The fraction of sp³-hybridized carbons (Fsp3) is 0.625. The van der Waals surface area contributed by atoms with Crippen molar-refractivity contribution in [3.05, 3.63) is 34.6 Å². The highest BCUT2D eigenvalue weighted by atomic mass is 35.5. The number of hydrogen-bond acceptors (Lipinski definition) is 2. The van der Waals surface area contributed by atoms with Crippen LogP contribution in [-0.4, -0.2) is 6.04 Å². The van der Waals surface area contributed by atoms with Gasteiger partial charge in [0.05, 0.1) is 5.02 Å². The lowest BCUT2D eigenvalue weighted by Crippen LogP contribution is -2.40. The van der Waals surface area contributed by atoms with Gasteiger partial charge in [-0.15, -0.1) is 0 Å². The van der Waals surface area contributed by atoms with Crippen LogP contribution in [0.5, 0.6) is 0 Å². The zero-order chi connectivity index (χ0) is 13.9. The first kappa shape index (κ1) is 13.1. The second kappa shape index (κ2) is 4.69. The van der Waals surface area contributed by atoms with E-state index in [2.05, 4.69) is 5.43 Å². The van der Waals surface area contributed by atoms with Crippen molar-refractivity contribution in [3.63, 3.8) is 0 Å². The predicted molar refractivity (Wildman–Crippen MR) is 77.5 cm³/mol. The van der Waals surface area contributed by atoms with Crippen LogP contribution >= 0.6 is 11.6 Å². The summed E-state index contributed by atoms with van der Waals surface area (Å²) in [6.45, 7) is 0. The van der Waals surface area contributed by atoms with Crippen LogP contribution in [0.2, 0.25) is 5.02 Å². The first-order valence-electron chi connectivity index (χ1n) is 7.59. The molecule has 4 heteroatoms. The Morgan fingerprint density at radius 1 is 1.30 bits per heavy atom. The first-order valence-corrected chi connectivity index (χ1v) is 7.97. The van der Waals surface area contributed by atoms with E-state index in [0.29, 0.717) is 17.9 Å². The van der Waals surface area contributed by atoms with Gasteiger partial charge in [0.1, 0.15) is 5.82 Å². The molecule has 3 aliphatic rings. The van der Waals surface area contributed by atoms with Crippen molar-refractivity contribution in [2.45, 2.75) is 31.7 Å². The zero-order valence-corrected chi connectivity index (χ0v) is 12.1. The molecule has 3 N–H and O–H groups in total. The van der Waals surface area contributed by atoms with Crippen LogP contribution in [0, 0.1) is 35.4 Å². The van der Waals surface area contributed by atoms with Crippen LogP contribution in [0.3, 0.4) is 0 Å². The van der Waals surface area contributed by atoms with Crippen molar-refractivity contribution in [2.24, 2.45) is 35.4 Å². The normalized spacial score (nSPS) is 38.9. The monoisotopic (exact) mass is 294 g/mol. The van der Waals surface area contributed by atoms with E-state index < -0.39 is 0 Å². The summed E-state index contributed by atoms with van der Waals surface area (Å²) in [5.74, 6) is 9.63. The van der Waals surface area contributed by atoms with Gasteiger partial charge >= 0.3 is 0 Å². The van der Waals surface area contributed by atoms with E-state index in [0.717, 1.165) is 23.7 Å². The lowest BCUT2D eigenvalue weighted by atomic mass is 9.93. The van der Waals surface area contributed by atoms with Crippen molar-refractivity contribution < 1.29 is 4.39 Å². The Morgan fingerprint density at radius 2 is 2.00 bits per heavy atom. The summed E-state index contributed by atoms with van der Waals surface area (Å²) in [6.07, 6.45) is 4.85. The Hall–Kier alpha value is -0.640. The van der Waals surface area contributed by atoms with Gasteiger partial charge in [-0.3, -0.25) is 11.3 Å². The van der Waals surface area contributed by atoms with Crippen molar-refractivity contribution >= 4 is 11.6 Å². The highest BCUT2D eigenvalue weighted by Gasteiger charge is 2.66. The zero-order valence-electron chi connectivity index (χ0n) is 11.4. The molecule has 4 rings (SSSR count). The molecule has 5 unspecified atom stereocenters. The fourth-order valence-corrected chi connectivity index (χ4v) is 5.37. The minimum atomic E-state index is -0.289. The second-order valence-electron chi connectivity index (χ2n) is 6.76. The molecule has 0 amide bonds. The summed E-state index contributed by atoms with van der Waals surface area (Å²) in [5.41, 5.74) is 3.63. The predicted octanol–water partition coefficient (Wildman–Crippen LogP) is 3.15. The Kier molecular flexibility index (Phi) is 3.06. The maximum Gasteiger partial charge on any atom is 0.145 e. The van der Waals surface area contributed by atoms with Crippen molar-refractivity contribution in [1.82, 2.24) is 5.43 Å². The second-order valence-corrected chi connectivity index (χ2v) is 7.16. The largest absolute Gasteiger partial charge is 0.271 e. The van der Waals surface area contributed by atoms with Gasteiger partial charge in [0.2, 0.25) is 0 Å². The Balaban J connectivity index is 1.51. The molecule has 1 aromatic rings. The minimum absolute atomic E-state index is 0.182. The van der Waals surface area contributed by atoms with E-state index in [4.69, 9.17) is 17.4 Å². The molecule has 0 aliphatic heterocycles. The summed E-state index contributed by atoms with van der Waals surface area (Å²) in [6, 6.07) is 5.41.